The fourth-order valence-electron chi connectivity index (χ4n) is 3.72. The average molecular weight is 575 g/mol. The van der Waals surface area contributed by atoms with Gasteiger partial charge in [-0.05, 0) is 50.1 Å². The maximum absolute atomic E-state index is 13.8. The minimum absolute atomic E-state index is 0.00654. The minimum Gasteiger partial charge on any atom is -0.497 e. The molecule has 0 radical (unpaired) electrons. The van der Waals surface area contributed by atoms with Gasteiger partial charge in [-0.1, -0.05) is 36.2 Å². The molecule has 0 aliphatic carbocycles. The van der Waals surface area contributed by atoms with Crippen LogP contribution in [0.5, 0.6) is 11.5 Å². The molecule has 0 saturated heterocycles. The molecule has 0 aliphatic rings. The summed E-state index contributed by atoms with van der Waals surface area (Å²) in [5.41, 5.74) is 0.760. The quantitative estimate of drug-likeness (QED) is 0.409. The number of ether oxygens (including phenoxy) is 2. The van der Waals surface area contributed by atoms with E-state index >= 15 is 0 Å². The van der Waals surface area contributed by atoms with Gasteiger partial charge >= 0.3 is 0 Å². The van der Waals surface area contributed by atoms with E-state index in [1.807, 2.05) is 13.8 Å². The van der Waals surface area contributed by atoms with E-state index in [2.05, 4.69) is 5.32 Å². The van der Waals surface area contributed by atoms with Crippen molar-refractivity contribution in [2.75, 3.05) is 31.3 Å². The Labute approximate surface area is 228 Å². The maximum atomic E-state index is 13.8. The van der Waals surface area contributed by atoms with E-state index in [1.54, 1.807) is 37.3 Å². The fraction of sp³-hybridized carbons (Fsp3) is 0.440. The van der Waals surface area contributed by atoms with Crippen molar-refractivity contribution in [3.8, 4) is 11.5 Å². The number of nitrogens with zero attached hydrogens (tertiary/aromatic N) is 2. The topological polar surface area (TPSA) is 105 Å². The van der Waals surface area contributed by atoms with Crippen molar-refractivity contribution in [1.29, 1.82) is 0 Å². The van der Waals surface area contributed by atoms with Crippen LogP contribution in [0.25, 0.3) is 0 Å². The summed E-state index contributed by atoms with van der Waals surface area (Å²) in [6.07, 6.45) is 1.29. The minimum atomic E-state index is -3.95. The molecule has 2 aromatic rings. The van der Waals surface area contributed by atoms with E-state index in [-0.39, 0.29) is 29.9 Å². The highest BCUT2D eigenvalue weighted by atomic mass is 35.5. The molecule has 2 aromatic carbocycles. The molecular weight excluding hydrogens is 541 g/mol. The summed E-state index contributed by atoms with van der Waals surface area (Å²) in [5, 5.41) is 3.48. The molecule has 0 bridgehead atoms. The molecule has 0 aromatic heterocycles. The molecule has 204 valence electrons. The second kappa shape index (κ2) is 13.2. The summed E-state index contributed by atoms with van der Waals surface area (Å²) in [5.74, 6) is -0.324. The average Bonchev–Trinajstić information content (AvgIpc) is 2.82. The van der Waals surface area contributed by atoms with Crippen LogP contribution in [0, 0.1) is 0 Å². The molecule has 37 heavy (non-hydrogen) atoms. The highest BCUT2D eigenvalue weighted by molar-refractivity contribution is 7.92. The maximum Gasteiger partial charge on any atom is 0.244 e. The first-order chi connectivity index (χ1) is 17.3. The van der Waals surface area contributed by atoms with Crippen molar-refractivity contribution in [2.45, 2.75) is 45.8 Å². The van der Waals surface area contributed by atoms with E-state index in [1.165, 1.54) is 25.2 Å². The number of rotatable bonds is 12. The summed E-state index contributed by atoms with van der Waals surface area (Å²) in [7, 11) is -1.11. The standard InChI is InChI=1S/C25H33Cl2N3O6S/c1-7-21(25(32)28-16(2)3)29(14-17-8-10-19(26)20(27)12-17)24(31)15-30(37(6,33)34)22-13-18(35-4)9-11-23(22)36-5/h8-13,16,21H,7,14-15H2,1-6H3,(H,28,32)/t21-/m1/s1. The lowest BCUT2D eigenvalue weighted by molar-refractivity contribution is -0.140. The summed E-state index contributed by atoms with van der Waals surface area (Å²) < 4.78 is 37.3. The van der Waals surface area contributed by atoms with Crippen LogP contribution >= 0.6 is 23.2 Å². The van der Waals surface area contributed by atoms with E-state index in [0.717, 1.165) is 10.6 Å². The molecule has 0 aliphatic heterocycles. The zero-order valence-corrected chi connectivity index (χ0v) is 24.1. The highest BCUT2D eigenvalue weighted by Gasteiger charge is 2.33. The van der Waals surface area contributed by atoms with E-state index in [0.29, 0.717) is 27.8 Å². The van der Waals surface area contributed by atoms with Gasteiger partial charge in [0.25, 0.3) is 0 Å². The number of halogens is 2. The van der Waals surface area contributed by atoms with Crippen LogP contribution in [-0.4, -0.2) is 64.2 Å². The number of anilines is 1. The van der Waals surface area contributed by atoms with Crippen LogP contribution in [0.15, 0.2) is 36.4 Å². The molecule has 0 fully saturated rings. The van der Waals surface area contributed by atoms with Gasteiger partial charge in [0.15, 0.2) is 0 Å². The van der Waals surface area contributed by atoms with Crippen molar-refractivity contribution >= 4 is 50.7 Å². The van der Waals surface area contributed by atoms with Crippen LogP contribution in [0.1, 0.15) is 32.8 Å². The first kappa shape index (κ1) is 30.5. The van der Waals surface area contributed by atoms with Crippen LogP contribution in [0.4, 0.5) is 5.69 Å². The zero-order valence-electron chi connectivity index (χ0n) is 21.7. The van der Waals surface area contributed by atoms with Crippen molar-refractivity contribution in [1.82, 2.24) is 10.2 Å². The predicted octanol–water partition coefficient (Wildman–Crippen LogP) is 4.11. The van der Waals surface area contributed by atoms with Crippen LogP contribution in [-0.2, 0) is 26.2 Å². The SMILES string of the molecule is CC[C@H](C(=O)NC(C)C)N(Cc1ccc(Cl)c(Cl)c1)C(=O)CN(c1cc(OC)ccc1OC)S(C)(=O)=O. The lowest BCUT2D eigenvalue weighted by Crippen LogP contribution is -2.53. The van der Waals surface area contributed by atoms with Crippen LogP contribution < -0.4 is 19.1 Å². The molecule has 1 N–H and O–H groups in total. The molecule has 1 atom stereocenters. The normalized spacial score (nSPS) is 12.1. The third kappa shape index (κ3) is 8.15. The summed E-state index contributed by atoms with van der Waals surface area (Å²) in [4.78, 5) is 28.2. The van der Waals surface area contributed by atoms with Gasteiger partial charge in [0.2, 0.25) is 21.8 Å². The molecule has 0 saturated carbocycles. The third-order valence-electron chi connectivity index (χ3n) is 5.49. The van der Waals surface area contributed by atoms with Crippen molar-refractivity contribution in [3.63, 3.8) is 0 Å². The number of hydrogen-bond acceptors (Lipinski definition) is 6. The van der Waals surface area contributed by atoms with Gasteiger partial charge in [-0.2, -0.15) is 0 Å². The first-order valence-corrected chi connectivity index (χ1v) is 14.2. The van der Waals surface area contributed by atoms with Crippen LogP contribution in [0.3, 0.4) is 0 Å². The number of carbonyl (C=O) groups excluding carboxylic acids is 2. The van der Waals surface area contributed by atoms with Gasteiger partial charge in [-0.25, -0.2) is 8.42 Å². The molecular formula is C25H33Cl2N3O6S. The van der Waals surface area contributed by atoms with Crippen molar-refractivity contribution < 1.29 is 27.5 Å². The number of carbonyl (C=O) groups is 2. The second-order valence-corrected chi connectivity index (χ2v) is 11.4. The summed E-state index contributed by atoms with van der Waals surface area (Å²) in [6.45, 7) is 4.84. The van der Waals surface area contributed by atoms with Crippen molar-refractivity contribution in [2.24, 2.45) is 0 Å². The predicted molar refractivity (Wildman–Crippen MR) is 146 cm³/mol. The first-order valence-electron chi connectivity index (χ1n) is 11.6. The number of nitrogens with one attached hydrogen (secondary N) is 1. The highest BCUT2D eigenvalue weighted by Crippen LogP contribution is 2.34. The van der Waals surface area contributed by atoms with Gasteiger partial charge in [-0.3, -0.25) is 13.9 Å². The summed E-state index contributed by atoms with van der Waals surface area (Å²) >= 11 is 12.2. The Balaban J connectivity index is 2.55. The van der Waals surface area contributed by atoms with Gasteiger partial charge < -0.3 is 19.7 Å². The number of hydrogen-bond donors (Lipinski definition) is 1. The molecule has 9 nitrogen and oxygen atoms in total. The molecule has 2 amide bonds. The lowest BCUT2D eigenvalue weighted by atomic mass is 10.1. The second-order valence-electron chi connectivity index (χ2n) is 8.66. The Hall–Kier alpha value is -2.69. The van der Waals surface area contributed by atoms with Gasteiger partial charge in [0.1, 0.15) is 24.1 Å². The molecule has 0 unspecified atom stereocenters. The number of benzene rings is 2. The van der Waals surface area contributed by atoms with E-state index in [4.69, 9.17) is 32.7 Å². The van der Waals surface area contributed by atoms with Crippen molar-refractivity contribution in [3.05, 3.63) is 52.0 Å². The van der Waals surface area contributed by atoms with Gasteiger partial charge in [0.05, 0.1) is 36.2 Å². The number of amides is 2. The van der Waals surface area contributed by atoms with Crippen LogP contribution in [0.2, 0.25) is 10.0 Å². The monoisotopic (exact) mass is 573 g/mol. The van der Waals surface area contributed by atoms with E-state index in [9.17, 15) is 18.0 Å². The molecule has 0 heterocycles. The fourth-order valence-corrected chi connectivity index (χ4v) is 4.89. The van der Waals surface area contributed by atoms with Gasteiger partial charge in [-0.15, -0.1) is 0 Å². The Morgan fingerprint density at radius 1 is 1.03 bits per heavy atom. The largest absolute Gasteiger partial charge is 0.497 e. The van der Waals surface area contributed by atoms with E-state index < -0.39 is 28.5 Å². The van der Waals surface area contributed by atoms with Gasteiger partial charge in [0, 0.05) is 18.7 Å². The Bertz CT molecular complexity index is 1220. The Kier molecular flexibility index (Phi) is 10.9. The molecule has 0 spiro atoms. The molecule has 12 heteroatoms. The lowest BCUT2D eigenvalue weighted by Gasteiger charge is -2.33. The Morgan fingerprint density at radius 2 is 1.70 bits per heavy atom. The smallest absolute Gasteiger partial charge is 0.244 e. The third-order valence-corrected chi connectivity index (χ3v) is 7.35. The Morgan fingerprint density at radius 3 is 2.22 bits per heavy atom. The summed E-state index contributed by atoms with van der Waals surface area (Å²) in [6, 6.07) is 8.52. The number of methoxy groups -OCH3 is 2. The zero-order chi connectivity index (χ0) is 27.9. The number of sulfonamides is 1. The molecule has 2 rings (SSSR count).